The van der Waals surface area contributed by atoms with Gasteiger partial charge in [0.2, 0.25) is 5.91 Å². The third-order valence-electron chi connectivity index (χ3n) is 6.20. The second kappa shape index (κ2) is 6.96. The minimum Gasteiger partial charge on any atom is -0.490 e. The van der Waals surface area contributed by atoms with Crippen LogP contribution in [0.4, 0.5) is 5.69 Å². The molecule has 0 radical (unpaired) electrons. The molecule has 4 rings (SSSR count). The van der Waals surface area contributed by atoms with Crippen LogP contribution >= 0.6 is 0 Å². The Morgan fingerprint density at radius 2 is 1.88 bits per heavy atom. The summed E-state index contributed by atoms with van der Waals surface area (Å²) >= 11 is 0. The van der Waals surface area contributed by atoms with Gasteiger partial charge in [0.05, 0.1) is 0 Å². The predicted molar refractivity (Wildman–Crippen MR) is 98.9 cm³/mol. The van der Waals surface area contributed by atoms with Crippen LogP contribution in [0.3, 0.4) is 0 Å². The van der Waals surface area contributed by atoms with Gasteiger partial charge in [0.25, 0.3) is 0 Å². The molecule has 3 fully saturated rings. The summed E-state index contributed by atoms with van der Waals surface area (Å²) in [6.07, 6.45) is 5.78. The Balaban J connectivity index is 1.28. The van der Waals surface area contributed by atoms with Crippen LogP contribution < -0.4 is 15.4 Å². The number of hydrogen-bond donors (Lipinski definition) is 2. The topological polar surface area (TPSA) is 53.6 Å². The molecule has 5 nitrogen and oxygen atoms in total. The molecule has 2 N–H and O–H groups in total. The lowest BCUT2D eigenvalue weighted by molar-refractivity contribution is -0.118. The molecule has 1 saturated carbocycles. The van der Waals surface area contributed by atoms with Crippen LogP contribution in [0.5, 0.6) is 5.75 Å². The molecule has 3 aliphatic rings. The van der Waals surface area contributed by atoms with E-state index in [1.807, 2.05) is 24.3 Å². The van der Waals surface area contributed by atoms with Crippen LogP contribution in [0, 0.1) is 11.3 Å². The van der Waals surface area contributed by atoms with Gasteiger partial charge < -0.3 is 20.3 Å². The fraction of sp³-hybridized carbons (Fsp3) is 0.650. The van der Waals surface area contributed by atoms with Gasteiger partial charge in [0, 0.05) is 24.7 Å². The molecule has 136 valence electrons. The Kier molecular flexibility index (Phi) is 4.69. The number of hydrogen-bond acceptors (Lipinski definition) is 4. The fourth-order valence-corrected chi connectivity index (χ4v) is 4.34. The number of piperidine rings is 2. The SMILES string of the molecule is CN1CCC(Oc2ccc(NC(=O)C3CC34CCNCC4)cc2)CC1. The molecule has 1 aromatic rings. The number of anilines is 1. The lowest BCUT2D eigenvalue weighted by Gasteiger charge is -2.29. The largest absolute Gasteiger partial charge is 0.490 e. The number of nitrogens with one attached hydrogen (secondary N) is 2. The van der Waals surface area contributed by atoms with Gasteiger partial charge in [-0.2, -0.15) is 0 Å². The summed E-state index contributed by atoms with van der Waals surface area (Å²) in [6, 6.07) is 7.86. The second-order valence-corrected chi connectivity index (χ2v) is 8.00. The number of likely N-dealkylation sites (tertiary alicyclic amines) is 1. The first-order valence-corrected chi connectivity index (χ1v) is 9.61. The van der Waals surface area contributed by atoms with Crippen molar-refractivity contribution in [2.24, 2.45) is 11.3 Å². The standard InChI is InChI=1S/C20H29N3O2/c1-23-12-6-17(7-13-23)25-16-4-2-15(3-5-16)22-19(24)18-14-20(18)8-10-21-11-9-20/h2-5,17-18,21H,6-14H2,1H3,(H,22,24). The van der Waals surface area contributed by atoms with Gasteiger partial charge in [0.15, 0.2) is 0 Å². The Bertz CT molecular complexity index is 602. The van der Waals surface area contributed by atoms with Crippen LogP contribution in [0.2, 0.25) is 0 Å². The summed E-state index contributed by atoms with van der Waals surface area (Å²) in [5.74, 6) is 1.28. The zero-order valence-electron chi connectivity index (χ0n) is 15.1. The molecule has 5 heteroatoms. The average molecular weight is 343 g/mol. The van der Waals surface area contributed by atoms with Crippen LogP contribution in [-0.4, -0.2) is 50.1 Å². The molecule has 1 unspecified atom stereocenters. The van der Waals surface area contributed by atoms with Crippen molar-refractivity contribution in [3.05, 3.63) is 24.3 Å². The smallest absolute Gasteiger partial charge is 0.228 e. The fourth-order valence-electron chi connectivity index (χ4n) is 4.34. The molecule has 0 bridgehead atoms. The zero-order valence-corrected chi connectivity index (χ0v) is 15.1. The summed E-state index contributed by atoms with van der Waals surface area (Å²) < 4.78 is 6.07. The minimum atomic E-state index is 0.186. The predicted octanol–water partition coefficient (Wildman–Crippen LogP) is 2.49. The maximum Gasteiger partial charge on any atom is 0.228 e. The van der Waals surface area contributed by atoms with Crippen molar-refractivity contribution in [3.63, 3.8) is 0 Å². The summed E-state index contributed by atoms with van der Waals surface area (Å²) in [7, 11) is 2.15. The molecule has 1 aromatic carbocycles. The molecule has 2 saturated heterocycles. The van der Waals surface area contributed by atoms with Crippen molar-refractivity contribution in [2.45, 2.75) is 38.2 Å². The maximum atomic E-state index is 12.5. The lowest BCUT2D eigenvalue weighted by Crippen LogP contribution is -2.35. The van der Waals surface area contributed by atoms with E-state index in [1.54, 1.807) is 0 Å². The van der Waals surface area contributed by atoms with E-state index in [0.29, 0.717) is 6.10 Å². The van der Waals surface area contributed by atoms with Crippen LogP contribution in [0.1, 0.15) is 32.1 Å². The monoisotopic (exact) mass is 343 g/mol. The average Bonchev–Trinajstić information content (AvgIpc) is 3.32. The van der Waals surface area contributed by atoms with Crippen molar-refractivity contribution in [1.29, 1.82) is 0 Å². The van der Waals surface area contributed by atoms with Gasteiger partial charge in [-0.15, -0.1) is 0 Å². The van der Waals surface area contributed by atoms with Crippen LogP contribution in [0.15, 0.2) is 24.3 Å². The maximum absolute atomic E-state index is 12.5. The van der Waals surface area contributed by atoms with E-state index in [4.69, 9.17) is 4.74 Å². The van der Waals surface area contributed by atoms with E-state index in [-0.39, 0.29) is 17.2 Å². The van der Waals surface area contributed by atoms with Crippen LogP contribution in [-0.2, 0) is 4.79 Å². The Labute approximate surface area is 150 Å². The van der Waals surface area contributed by atoms with E-state index >= 15 is 0 Å². The van der Waals surface area contributed by atoms with Crippen molar-refractivity contribution in [1.82, 2.24) is 10.2 Å². The van der Waals surface area contributed by atoms with Gasteiger partial charge in [-0.3, -0.25) is 4.79 Å². The van der Waals surface area contributed by atoms with Crippen molar-refractivity contribution < 1.29 is 9.53 Å². The highest BCUT2D eigenvalue weighted by molar-refractivity contribution is 5.95. The number of ether oxygens (including phenoxy) is 1. The highest BCUT2D eigenvalue weighted by Gasteiger charge is 2.57. The first-order valence-electron chi connectivity index (χ1n) is 9.61. The molecular weight excluding hydrogens is 314 g/mol. The van der Waals surface area contributed by atoms with E-state index in [2.05, 4.69) is 22.6 Å². The van der Waals surface area contributed by atoms with Gasteiger partial charge in [-0.1, -0.05) is 0 Å². The first kappa shape index (κ1) is 16.9. The van der Waals surface area contributed by atoms with E-state index in [9.17, 15) is 4.79 Å². The molecule has 2 aliphatic heterocycles. The minimum absolute atomic E-state index is 0.186. The Hall–Kier alpha value is -1.59. The molecular formula is C20H29N3O2. The zero-order chi connectivity index (χ0) is 17.3. The summed E-state index contributed by atoms with van der Waals surface area (Å²) in [4.78, 5) is 14.9. The van der Waals surface area contributed by atoms with Gasteiger partial charge in [0.1, 0.15) is 11.9 Å². The molecule has 1 spiro atoms. The summed E-state index contributed by atoms with van der Waals surface area (Å²) in [6.45, 7) is 4.29. The van der Waals surface area contributed by atoms with E-state index in [0.717, 1.165) is 69.7 Å². The molecule has 2 heterocycles. The number of benzene rings is 1. The highest BCUT2D eigenvalue weighted by Crippen LogP contribution is 2.58. The quantitative estimate of drug-likeness (QED) is 0.882. The summed E-state index contributed by atoms with van der Waals surface area (Å²) in [5.41, 5.74) is 1.16. The van der Waals surface area contributed by atoms with Gasteiger partial charge >= 0.3 is 0 Å². The highest BCUT2D eigenvalue weighted by atomic mass is 16.5. The first-order chi connectivity index (χ1) is 12.1. The molecule has 25 heavy (non-hydrogen) atoms. The van der Waals surface area contributed by atoms with Gasteiger partial charge in [-0.05, 0) is 81.9 Å². The number of nitrogens with zero attached hydrogens (tertiary/aromatic N) is 1. The molecule has 1 aliphatic carbocycles. The third kappa shape index (κ3) is 3.82. The Morgan fingerprint density at radius 3 is 2.56 bits per heavy atom. The van der Waals surface area contributed by atoms with Crippen molar-refractivity contribution in [2.75, 3.05) is 38.5 Å². The lowest BCUT2D eigenvalue weighted by atomic mass is 9.92. The number of carbonyl (C=O) groups is 1. The number of amides is 1. The molecule has 0 aromatic heterocycles. The Morgan fingerprint density at radius 1 is 1.20 bits per heavy atom. The number of carbonyl (C=O) groups excluding carboxylic acids is 1. The molecule has 1 atom stereocenters. The second-order valence-electron chi connectivity index (χ2n) is 8.00. The van der Waals surface area contributed by atoms with Crippen molar-refractivity contribution >= 4 is 11.6 Å². The number of rotatable bonds is 4. The molecule has 1 amide bonds. The van der Waals surface area contributed by atoms with Gasteiger partial charge in [-0.25, -0.2) is 0 Å². The normalized spacial score (nSPS) is 26.4. The summed E-state index contributed by atoms with van der Waals surface area (Å²) in [5, 5.41) is 6.47. The van der Waals surface area contributed by atoms with E-state index < -0.39 is 0 Å². The van der Waals surface area contributed by atoms with Crippen molar-refractivity contribution in [3.8, 4) is 5.75 Å². The third-order valence-corrected chi connectivity index (χ3v) is 6.20. The van der Waals surface area contributed by atoms with E-state index in [1.165, 1.54) is 0 Å². The van der Waals surface area contributed by atoms with Crippen LogP contribution in [0.25, 0.3) is 0 Å².